The minimum Gasteiger partial charge on any atom is -0.408 e. The topological polar surface area (TPSA) is 82.1 Å². The van der Waals surface area contributed by atoms with Crippen LogP contribution >= 0.6 is 0 Å². The second-order valence-electron chi connectivity index (χ2n) is 6.54. The Hall–Kier alpha value is -3.61. The van der Waals surface area contributed by atoms with Gasteiger partial charge in [0.2, 0.25) is 5.91 Å². The van der Waals surface area contributed by atoms with Gasteiger partial charge in [0.05, 0.1) is 12.1 Å². The smallest absolute Gasteiger partial charge is 0.408 e. The minimum absolute atomic E-state index is 0.0827. The number of aryl methyl sites for hydroxylation is 1. The molecule has 0 aliphatic carbocycles. The van der Waals surface area contributed by atoms with Crippen LogP contribution in [0.1, 0.15) is 18.4 Å². The molecule has 0 radical (unpaired) electrons. The molecule has 0 atom stereocenters. The second kappa shape index (κ2) is 7.96. The number of nitrogens with zero attached hydrogens (tertiary/aromatic N) is 3. The summed E-state index contributed by atoms with van der Waals surface area (Å²) in [5.41, 5.74) is 3.17. The lowest BCUT2D eigenvalue weighted by Gasteiger charge is -2.07. The lowest BCUT2D eigenvalue weighted by Crippen LogP contribution is -2.17. The molecule has 2 aromatic carbocycles. The summed E-state index contributed by atoms with van der Waals surface area (Å²) in [7, 11) is 0. The van der Waals surface area contributed by atoms with Crippen LogP contribution in [-0.2, 0) is 17.9 Å². The maximum Gasteiger partial charge on any atom is 0.419 e. The van der Waals surface area contributed by atoms with E-state index in [4.69, 9.17) is 4.42 Å². The number of nitrogens with one attached hydrogen (secondary N) is 1. The van der Waals surface area contributed by atoms with Crippen molar-refractivity contribution in [2.24, 2.45) is 0 Å². The van der Waals surface area contributed by atoms with Crippen LogP contribution in [0.25, 0.3) is 11.1 Å². The summed E-state index contributed by atoms with van der Waals surface area (Å²) in [6, 6.07) is 16.9. The predicted octanol–water partition coefficient (Wildman–Crippen LogP) is 3.26. The van der Waals surface area contributed by atoms with Crippen LogP contribution in [0.5, 0.6) is 0 Å². The van der Waals surface area contributed by atoms with E-state index >= 15 is 0 Å². The Bertz CT molecular complexity index is 1120. The summed E-state index contributed by atoms with van der Waals surface area (Å²) < 4.78 is 8.61. The summed E-state index contributed by atoms with van der Waals surface area (Å²) in [5, 5.41) is 7.07. The van der Waals surface area contributed by atoms with Crippen molar-refractivity contribution < 1.29 is 9.21 Å². The van der Waals surface area contributed by atoms with E-state index in [1.54, 1.807) is 16.8 Å². The van der Waals surface area contributed by atoms with Gasteiger partial charge in [-0.1, -0.05) is 24.3 Å². The molecule has 1 amide bonds. The molecular formula is C21H20N4O3. The molecule has 2 aromatic heterocycles. The van der Waals surface area contributed by atoms with Gasteiger partial charge >= 0.3 is 5.76 Å². The molecule has 0 saturated heterocycles. The average molecular weight is 376 g/mol. The van der Waals surface area contributed by atoms with Crippen LogP contribution in [0.2, 0.25) is 0 Å². The van der Waals surface area contributed by atoms with Gasteiger partial charge in [-0.05, 0) is 42.3 Å². The van der Waals surface area contributed by atoms with Gasteiger partial charge in [0.15, 0.2) is 5.58 Å². The number of rotatable bonds is 7. The van der Waals surface area contributed by atoms with E-state index in [0.29, 0.717) is 31.5 Å². The van der Waals surface area contributed by atoms with Gasteiger partial charge in [0, 0.05) is 31.0 Å². The lowest BCUT2D eigenvalue weighted by atomic mass is 10.2. The Kier molecular flexibility index (Phi) is 5.05. The summed E-state index contributed by atoms with van der Waals surface area (Å²) in [4.78, 5) is 24.1. The zero-order valence-electron chi connectivity index (χ0n) is 15.2. The van der Waals surface area contributed by atoms with Gasteiger partial charge < -0.3 is 9.73 Å². The van der Waals surface area contributed by atoms with Crippen molar-refractivity contribution in [3.63, 3.8) is 0 Å². The van der Waals surface area contributed by atoms with Crippen LogP contribution in [-0.4, -0.2) is 20.3 Å². The largest absolute Gasteiger partial charge is 0.419 e. The molecule has 4 rings (SSSR count). The Morgan fingerprint density at radius 3 is 2.68 bits per heavy atom. The van der Waals surface area contributed by atoms with E-state index in [9.17, 15) is 9.59 Å². The van der Waals surface area contributed by atoms with Gasteiger partial charge in [0.25, 0.3) is 0 Å². The van der Waals surface area contributed by atoms with Crippen LogP contribution in [0.3, 0.4) is 0 Å². The fraction of sp³-hybridized carbons (Fsp3) is 0.190. The van der Waals surface area contributed by atoms with E-state index in [-0.39, 0.29) is 5.91 Å². The second-order valence-corrected chi connectivity index (χ2v) is 6.54. The Morgan fingerprint density at radius 1 is 1.07 bits per heavy atom. The SMILES string of the molecule is O=C(CCCn1c(=O)oc2ccccc21)Nc1ccc(Cn2cccn2)cc1. The molecule has 0 aliphatic rings. The van der Waals surface area contributed by atoms with Crippen molar-refractivity contribution in [3.05, 3.63) is 83.1 Å². The highest BCUT2D eigenvalue weighted by molar-refractivity contribution is 5.90. The number of aromatic nitrogens is 3. The zero-order chi connectivity index (χ0) is 19.3. The number of anilines is 1. The van der Waals surface area contributed by atoms with E-state index in [0.717, 1.165) is 16.8 Å². The third-order valence-corrected chi connectivity index (χ3v) is 4.50. The average Bonchev–Trinajstić information content (AvgIpc) is 3.31. The van der Waals surface area contributed by atoms with Crippen molar-refractivity contribution in [2.45, 2.75) is 25.9 Å². The molecule has 1 N–H and O–H groups in total. The van der Waals surface area contributed by atoms with Gasteiger partial charge in [-0.3, -0.25) is 14.0 Å². The third kappa shape index (κ3) is 4.03. The van der Waals surface area contributed by atoms with E-state index < -0.39 is 5.76 Å². The number of hydrogen-bond acceptors (Lipinski definition) is 4. The number of hydrogen-bond donors (Lipinski definition) is 1. The molecule has 0 aliphatic heterocycles. The van der Waals surface area contributed by atoms with Gasteiger partial charge in [-0.2, -0.15) is 5.10 Å². The zero-order valence-corrected chi connectivity index (χ0v) is 15.2. The first-order valence-corrected chi connectivity index (χ1v) is 9.14. The number of amides is 1. The summed E-state index contributed by atoms with van der Waals surface area (Å²) in [6.45, 7) is 1.13. The molecule has 28 heavy (non-hydrogen) atoms. The maximum absolute atomic E-state index is 12.2. The highest BCUT2D eigenvalue weighted by Gasteiger charge is 2.09. The van der Waals surface area contributed by atoms with E-state index in [1.165, 1.54) is 0 Å². The Morgan fingerprint density at radius 2 is 1.89 bits per heavy atom. The van der Waals surface area contributed by atoms with Gasteiger partial charge in [0.1, 0.15) is 0 Å². The Labute approximate surface area is 161 Å². The molecule has 4 aromatic rings. The van der Waals surface area contributed by atoms with Crippen molar-refractivity contribution in [3.8, 4) is 0 Å². The molecule has 0 unspecified atom stereocenters. The van der Waals surface area contributed by atoms with Gasteiger partial charge in [-0.25, -0.2) is 4.79 Å². The number of carbonyl (C=O) groups excluding carboxylic acids is 1. The molecule has 7 heteroatoms. The molecule has 7 nitrogen and oxygen atoms in total. The number of benzene rings is 2. The van der Waals surface area contributed by atoms with Gasteiger partial charge in [-0.15, -0.1) is 0 Å². The van der Waals surface area contributed by atoms with Crippen LogP contribution in [0.4, 0.5) is 5.69 Å². The monoisotopic (exact) mass is 376 g/mol. The highest BCUT2D eigenvalue weighted by atomic mass is 16.4. The number of oxazole rings is 1. The Balaban J connectivity index is 1.29. The van der Waals surface area contributed by atoms with Crippen LogP contribution < -0.4 is 11.1 Å². The van der Waals surface area contributed by atoms with Crippen molar-refractivity contribution in [2.75, 3.05) is 5.32 Å². The number of para-hydroxylation sites is 2. The molecule has 0 saturated carbocycles. The first-order chi connectivity index (χ1) is 13.7. The quantitative estimate of drug-likeness (QED) is 0.537. The third-order valence-electron chi connectivity index (χ3n) is 4.50. The molecule has 0 bridgehead atoms. The summed E-state index contributed by atoms with van der Waals surface area (Å²) >= 11 is 0. The number of carbonyl (C=O) groups is 1. The first-order valence-electron chi connectivity index (χ1n) is 9.14. The molecule has 0 fully saturated rings. The van der Waals surface area contributed by atoms with E-state index in [2.05, 4.69) is 10.4 Å². The summed E-state index contributed by atoms with van der Waals surface area (Å²) in [5.74, 6) is -0.477. The molecule has 142 valence electrons. The lowest BCUT2D eigenvalue weighted by molar-refractivity contribution is -0.116. The van der Waals surface area contributed by atoms with Crippen LogP contribution in [0.15, 0.2) is 76.2 Å². The fourth-order valence-electron chi connectivity index (χ4n) is 3.12. The maximum atomic E-state index is 12.2. The normalized spacial score (nSPS) is 11.0. The standard InChI is InChI=1S/C21H20N4O3/c26-20(7-3-14-25-18-5-1-2-6-19(18)28-21(25)27)23-17-10-8-16(9-11-17)15-24-13-4-12-22-24/h1-2,4-6,8-13H,3,7,14-15H2,(H,23,26). The van der Waals surface area contributed by atoms with Crippen molar-refractivity contribution in [1.29, 1.82) is 0 Å². The van der Waals surface area contributed by atoms with Crippen molar-refractivity contribution in [1.82, 2.24) is 14.3 Å². The first kappa shape index (κ1) is 17.8. The predicted molar refractivity (Wildman–Crippen MR) is 106 cm³/mol. The fourth-order valence-corrected chi connectivity index (χ4v) is 3.12. The summed E-state index contributed by atoms with van der Waals surface area (Å²) in [6.07, 6.45) is 4.52. The molecule has 2 heterocycles. The highest BCUT2D eigenvalue weighted by Crippen LogP contribution is 2.14. The van der Waals surface area contributed by atoms with E-state index in [1.807, 2.05) is 59.4 Å². The number of fused-ring (bicyclic) bond motifs is 1. The molecular weight excluding hydrogens is 356 g/mol. The minimum atomic E-state index is -0.394. The van der Waals surface area contributed by atoms with Crippen LogP contribution in [0, 0.1) is 0 Å². The molecule has 0 spiro atoms. The van der Waals surface area contributed by atoms with Crippen molar-refractivity contribution >= 4 is 22.7 Å².